The molecular formula is C13H11F3N2. The Morgan fingerprint density at radius 3 is 2.22 bits per heavy atom. The first-order valence-corrected chi connectivity index (χ1v) is 5.33. The Labute approximate surface area is 102 Å². The first-order chi connectivity index (χ1) is 8.52. The first kappa shape index (κ1) is 12.6. The van der Waals surface area contributed by atoms with Crippen LogP contribution >= 0.6 is 0 Å². The van der Waals surface area contributed by atoms with E-state index in [1.54, 1.807) is 24.5 Å². The molecule has 2 rings (SSSR count). The Morgan fingerprint density at radius 2 is 1.67 bits per heavy atom. The van der Waals surface area contributed by atoms with Crippen LogP contribution < -0.4 is 5.73 Å². The van der Waals surface area contributed by atoms with Gasteiger partial charge < -0.3 is 5.73 Å². The third kappa shape index (κ3) is 2.51. The van der Waals surface area contributed by atoms with Crippen molar-refractivity contribution < 1.29 is 13.2 Å². The molecule has 2 N–H and O–H groups in total. The van der Waals surface area contributed by atoms with Gasteiger partial charge in [-0.1, -0.05) is 6.07 Å². The van der Waals surface area contributed by atoms with Crippen molar-refractivity contribution in [2.24, 2.45) is 5.73 Å². The molecule has 0 amide bonds. The van der Waals surface area contributed by atoms with E-state index in [4.69, 9.17) is 5.73 Å². The molecule has 0 saturated carbocycles. The Kier molecular flexibility index (Phi) is 3.34. The highest BCUT2D eigenvalue weighted by molar-refractivity contribution is 5.64. The Hall–Kier alpha value is -1.88. The molecule has 0 bridgehead atoms. The van der Waals surface area contributed by atoms with Gasteiger partial charge in [-0.3, -0.25) is 4.98 Å². The summed E-state index contributed by atoms with van der Waals surface area (Å²) in [7, 11) is 0. The van der Waals surface area contributed by atoms with Crippen LogP contribution in [0.15, 0.2) is 42.7 Å². The zero-order valence-electron chi connectivity index (χ0n) is 9.41. The number of nitrogens with two attached hydrogens (primary N) is 1. The quantitative estimate of drug-likeness (QED) is 0.891. The lowest BCUT2D eigenvalue weighted by atomic mass is 9.99. The van der Waals surface area contributed by atoms with Gasteiger partial charge >= 0.3 is 6.18 Å². The highest BCUT2D eigenvalue weighted by Crippen LogP contribution is 2.34. The van der Waals surface area contributed by atoms with Gasteiger partial charge in [0.05, 0.1) is 5.56 Å². The lowest BCUT2D eigenvalue weighted by molar-refractivity contribution is -0.138. The molecule has 0 unspecified atom stereocenters. The van der Waals surface area contributed by atoms with Gasteiger partial charge in [0.15, 0.2) is 0 Å². The van der Waals surface area contributed by atoms with E-state index in [0.717, 1.165) is 11.6 Å². The van der Waals surface area contributed by atoms with E-state index >= 15 is 0 Å². The summed E-state index contributed by atoms with van der Waals surface area (Å²) in [5, 5.41) is 0. The van der Waals surface area contributed by atoms with Gasteiger partial charge in [-0.05, 0) is 41.0 Å². The van der Waals surface area contributed by atoms with Gasteiger partial charge in [-0.2, -0.15) is 13.2 Å². The van der Waals surface area contributed by atoms with E-state index < -0.39 is 11.7 Å². The smallest absolute Gasteiger partial charge is 0.326 e. The molecule has 1 aromatic carbocycles. The summed E-state index contributed by atoms with van der Waals surface area (Å²) in [6.07, 6.45) is -1.18. The average molecular weight is 252 g/mol. The molecule has 1 heterocycles. The summed E-state index contributed by atoms with van der Waals surface area (Å²) < 4.78 is 38.1. The molecule has 0 aliphatic heterocycles. The van der Waals surface area contributed by atoms with Crippen LogP contribution in [-0.4, -0.2) is 4.98 Å². The van der Waals surface area contributed by atoms with Crippen LogP contribution in [-0.2, 0) is 12.7 Å². The van der Waals surface area contributed by atoms with Crippen molar-refractivity contribution in [2.75, 3.05) is 0 Å². The molecule has 5 heteroatoms. The number of nitrogens with zero attached hydrogens (tertiary/aromatic N) is 1. The maximum atomic E-state index is 12.7. The van der Waals surface area contributed by atoms with E-state index in [-0.39, 0.29) is 12.1 Å². The second kappa shape index (κ2) is 4.78. The van der Waals surface area contributed by atoms with Gasteiger partial charge in [0.1, 0.15) is 0 Å². The number of aromatic nitrogens is 1. The van der Waals surface area contributed by atoms with Crippen LogP contribution in [0.3, 0.4) is 0 Å². The van der Waals surface area contributed by atoms with E-state index in [0.29, 0.717) is 5.56 Å². The summed E-state index contributed by atoms with van der Waals surface area (Å²) in [6.45, 7) is -0.145. The summed E-state index contributed by atoms with van der Waals surface area (Å²) in [4.78, 5) is 3.87. The molecule has 0 aliphatic rings. The highest BCUT2D eigenvalue weighted by atomic mass is 19.4. The third-order valence-electron chi connectivity index (χ3n) is 2.64. The van der Waals surface area contributed by atoms with Crippen molar-refractivity contribution in [2.45, 2.75) is 12.7 Å². The molecule has 0 fully saturated rings. The van der Waals surface area contributed by atoms with Crippen molar-refractivity contribution >= 4 is 0 Å². The molecule has 0 spiro atoms. The monoisotopic (exact) mass is 252 g/mol. The van der Waals surface area contributed by atoms with E-state index in [1.807, 2.05) is 0 Å². The molecule has 0 atom stereocenters. The molecule has 0 radical (unpaired) electrons. The van der Waals surface area contributed by atoms with Crippen LogP contribution in [0.25, 0.3) is 11.1 Å². The average Bonchev–Trinajstić information content (AvgIpc) is 2.38. The summed E-state index contributed by atoms with van der Waals surface area (Å²) >= 11 is 0. The number of benzene rings is 1. The summed E-state index contributed by atoms with van der Waals surface area (Å²) in [5.41, 5.74) is 6.31. The fourth-order valence-corrected chi connectivity index (χ4v) is 1.76. The Morgan fingerprint density at radius 1 is 1.00 bits per heavy atom. The first-order valence-electron chi connectivity index (χ1n) is 5.33. The maximum absolute atomic E-state index is 12.7. The van der Waals surface area contributed by atoms with Gasteiger partial charge in [0.2, 0.25) is 0 Å². The lowest BCUT2D eigenvalue weighted by Crippen LogP contribution is -2.11. The van der Waals surface area contributed by atoms with Crippen molar-refractivity contribution in [1.82, 2.24) is 4.98 Å². The summed E-state index contributed by atoms with van der Waals surface area (Å²) in [6, 6.07) is 7.46. The van der Waals surface area contributed by atoms with E-state index in [1.165, 1.54) is 12.1 Å². The number of pyridine rings is 1. The topological polar surface area (TPSA) is 38.9 Å². The minimum Gasteiger partial charge on any atom is -0.326 e. The largest absolute Gasteiger partial charge is 0.416 e. The number of halogens is 3. The number of hydrogen-bond donors (Lipinski definition) is 1. The second-order valence-corrected chi connectivity index (χ2v) is 3.81. The fraction of sp³-hybridized carbons (Fsp3) is 0.154. The standard InChI is InChI=1S/C13H11F3N2/c14-13(15,16)12-2-1-10(7-11(12)8-17)9-3-5-18-6-4-9/h1-7H,8,17H2. The molecule has 1 aromatic heterocycles. The minimum absolute atomic E-state index is 0.0943. The molecule has 0 aliphatic carbocycles. The Balaban J connectivity index is 2.49. The van der Waals surface area contributed by atoms with E-state index in [9.17, 15) is 13.2 Å². The SMILES string of the molecule is NCc1cc(-c2ccncc2)ccc1C(F)(F)F. The number of hydrogen-bond acceptors (Lipinski definition) is 2. The lowest BCUT2D eigenvalue weighted by Gasteiger charge is -2.13. The number of rotatable bonds is 2. The van der Waals surface area contributed by atoms with Crippen LogP contribution in [0, 0.1) is 0 Å². The third-order valence-corrected chi connectivity index (χ3v) is 2.64. The zero-order chi connectivity index (χ0) is 13.2. The molecule has 2 nitrogen and oxygen atoms in total. The number of alkyl halides is 3. The van der Waals surface area contributed by atoms with Crippen molar-refractivity contribution in [3.05, 3.63) is 53.9 Å². The molecule has 0 saturated heterocycles. The van der Waals surface area contributed by atoms with Crippen LogP contribution in [0.5, 0.6) is 0 Å². The molecule has 18 heavy (non-hydrogen) atoms. The molecule has 2 aromatic rings. The van der Waals surface area contributed by atoms with Crippen LogP contribution in [0.1, 0.15) is 11.1 Å². The van der Waals surface area contributed by atoms with Gasteiger partial charge in [-0.15, -0.1) is 0 Å². The Bertz CT molecular complexity index is 536. The zero-order valence-corrected chi connectivity index (χ0v) is 9.41. The second-order valence-electron chi connectivity index (χ2n) is 3.81. The fourth-order valence-electron chi connectivity index (χ4n) is 1.76. The van der Waals surface area contributed by atoms with Gasteiger partial charge in [0, 0.05) is 18.9 Å². The van der Waals surface area contributed by atoms with Gasteiger partial charge in [0.25, 0.3) is 0 Å². The van der Waals surface area contributed by atoms with Crippen molar-refractivity contribution in [3.63, 3.8) is 0 Å². The minimum atomic E-state index is -4.37. The highest BCUT2D eigenvalue weighted by Gasteiger charge is 2.32. The van der Waals surface area contributed by atoms with E-state index in [2.05, 4.69) is 4.98 Å². The maximum Gasteiger partial charge on any atom is 0.416 e. The van der Waals surface area contributed by atoms with Gasteiger partial charge in [-0.25, -0.2) is 0 Å². The summed E-state index contributed by atoms with van der Waals surface area (Å²) in [5.74, 6) is 0. The molecule has 94 valence electrons. The van der Waals surface area contributed by atoms with Crippen molar-refractivity contribution in [3.8, 4) is 11.1 Å². The predicted molar refractivity (Wildman–Crippen MR) is 62.6 cm³/mol. The normalized spacial score (nSPS) is 11.6. The van der Waals surface area contributed by atoms with Crippen LogP contribution in [0.2, 0.25) is 0 Å². The van der Waals surface area contributed by atoms with Crippen molar-refractivity contribution in [1.29, 1.82) is 0 Å². The van der Waals surface area contributed by atoms with Crippen LogP contribution in [0.4, 0.5) is 13.2 Å². The molecular weight excluding hydrogens is 241 g/mol. The predicted octanol–water partition coefficient (Wildman–Crippen LogP) is 3.23.